The Balaban J connectivity index is 2.76. The summed E-state index contributed by atoms with van der Waals surface area (Å²) in [6.07, 6.45) is 0.579. The van der Waals surface area contributed by atoms with Gasteiger partial charge in [-0.05, 0) is 12.1 Å². The number of sulfone groups is 1. The Morgan fingerprint density at radius 1 is 1.24 bits per heavy atom. The lowest BCUT2D eigenvalue weighted by Gasteiger charge is -2.11. The van der Waals surface area contributed by atoms with Crippen molar-refractivity contribution in [1.29, 1.82) is 0 Å². The Hall–Kier alpha value is -2.19. The van der Waals surface area contributed by atoms with E-state index in [1.54, 1.807) is 18.2 Å². The molecule has 0 aliphatic heterocycles. The Labute approximate surface area is 121 Å². The number of aliphatic hydroxyl groups excluding tert-OH is 1. The maximum atomic E-state index is 11.9. The molecule has 1 rings (SSSR count). The quantitative estimate of drug-likeness (QED) is 0.606. The zero-order valence-electron chi connectivity index (χ0n) is 11.0. The average molecular weight is 313 g/mol. The molecule has 0 spiro atoms. The van der Waals surface area contributed by atoms with Gasteiger partial charge in [0.25, 0.3) is 0 Å². The number of rotatable bonds is 7. The van der Waals surface area contributed by atoms with Crippen LogP contribution in [0.2, 0.25) is 0 Å². The first-order valence-electron chi connectivity index (χ1n) is 5.99. The first-order chi connectivity index (χ1) is 9.86. The van der Waals surface area contributed by atoms with E-state index in [9.17, 15) is 18.0 Å². The van der Waals surface area contributed by atoms with E-state index >= 15 is 0 Å². The fourth-order valence-electron chi connectivity index (χ4n) is 1.45. The molecule has 7 nitrogen and oxygen atoms in total. The second-order valence-electron chi connectivity index (χ2n) is 4.07. The van der Waals surface area contributed by atoms with Crippen LogP contribution < -0.4 is 5.32 Å². The molecule has 21 heavy (non-hydrogen) atoms. The molecule has 1 aromatic carbocycles. The molecular weight excluding hydrogens is 298 g/mol. The summed E-state index contributed by atoms with van der Waals surface area (Å²) < 4.78 is 23.7. The minimum absolute atomic E-state index is 0.0270. The molecule has 0 saturated heterocycles. The fourth-order valence-corrected chi connectivity index (χ4v) is 2.44. The van der Waals surface area contributed by atoms with Crippen LogP contribution in [0.15, 0.2) is 46.7 Å². The van der Waals surface area contributed by atoms with Crippen molar-refractivity contribution in [1.82, 2.24) is 5.32 Å². The molecule has 8 heteroatoms. The minimum Gasteiger partial charge on any atom is -0.480 e. The number of amides is 1. The van der Waals surface area contributed by atoms with Gasteiger partial charge in [0.1, 0.15) is 6.04 Å². The van der Waals surface area contributed by atoms with Crippen molar-refractivity contribution >= 4 is 21.7 Å². The third-order valence-electron chi connectivity index (χ3n) is 2.50. The lowest BCUT2D eigenvalue weighted by atomic mass is 10.2. The van der Waals surface area contributed by atoms with Gasteiger partial charge in [-0.25, -0.2) is 13.2 Å². The average Bonchev–Trinajstić information content (AvgIpc) is 2.45. The number of carbonyl (C=O) groups is 2. The highest BCUT2D eigenvalue weighted by molar-refractivity contribution is 7.94. The predicted octanol–water partition coefficient (Wildman–Crippen LogP) is -0.0742. The molecule has 3 N–H and O–H groups in total. The van der Waals surface area contributed by atoms with Crippen LogP contribution in [0.25, 0.3) is 0 Å². The van der Waals surface area contributed by atoms with Crippen LogP contribution in [0, 0.1) is 0 Å². The monoisotopic (exact) mass is 313 g/mol. The van der Waals surface area contributed by atoms with Crippen molar-refractivity contribution in [2.45, 2.75) is 17.4 Å². The van der Waals surface area contributed by atoms with Crippen LogP contribution in [0.5, 0.6) is 0 Å². The molecule has 1 atom stereocenters. The highest BCUT2D eigenvalue weighted by Gasteiger charge is 2.18. The summed E-state index contributed by atoms with van der Waals surface area (Å²) >= 11 is 0. The van der Waals surface area contributed by atoms with E-state index < -0.39 is 34.4 Å². The normalized spacial score (nSPS) is 13.0. The zero-order chi connectivity index (χ0) is 15.9. The fraction of sp³-hybridized carbons (Fsp3) is 0.231. The van der Waals surface area contributed by atoms with Gasteiger partial charge in [-0.3, -0.25) is 4.79 Å². The van der Waals surface area contributed by atoms with E-state index in [4.69, 9.17) is 10.2 Å². The lowest BCUT2D eigenvalue weighted by Crippen LogP contribution is -2.40. The highest BCUT2D eigenvalue weighted by Crippen LogP contribution is 2.10. The molecule has 1 aromatic rings. The molecular formula is C13H15NO6S. The smallest absolute Gasteiger partial charge is 0.326 e. The third kappa shape index (κ3) is 5.36. The summed E-state index contributed by atoms with van der Waals surface area (Å²) in [5.41, 5.74) is 0. The number of nitrogens with one attached hydrogen (secondary N) is 1. The largest absolute Gasteiger partial charge is 0.480 e. The molecule has 0 unspecified atom stereocenters. The van der Waals surface area contributed by atoms with E-state index in [0.29, 0.717) is 5.41 Å². The molecule has 0 saturated carbocycles. The van der Waals surface area contributed by atoms with Gasteiger partial charge in [-0.1, -0.05) is 18.2 Å². The van der Waals surface area contributed by atoms with Gasteiger partial charge < -0.3 is 15.5 Å². The van der Waals surface area contributed by atoms with Gasteiger partial charge in [0.05, 0.1) is 4.90 Å². The zero-order valence-corrected chi connectivity index (χ0v) is 11.8. The molecule has 0 aromatic heterocycles. The number of carbonyl (C=O) groups excluding carboxylic acids is 1. The van der Waals surface area contributed by atoms with Crippen molar-refractivity contribution in [3.8, 4) is 0 Å². The number of aliphatic hydroxyl groups is 1. The lowest BCUT2D eigenvalue weighted by molar-refractivity contribution is -0.141. The molecule has 1 amide bonds. The number of hydrogen-bond donors (Lipinski definition) is 3. The molecule has 0 radical (unpaired) electrons. The van der Waals surface area contributed by atoms with Crippen LogP contribution in [-0.2, 0) is 19.4 Å². The van der Waals surface area contributed by atoms with Crippen LogP contribution in [0.3, 0.4) is 0 Å². The summed E-state index contributed by atoms with van der Waals surface area (Å²) in [5, 5.41) is 20.3. The third-order valence-corrected chi connectivity index (χ3v) is 3.93. The Bertz CT molecular complexity index is 623. The molecule has 0 heterocycles. The number of hydrogen-bond acceptors (Lipinski definition) is 5. The van der Waals surface area contributed by atoms with Crippen molar-refractivity contribution in [2.24, 2.45) is 0 Å². The predicted molar refractivity (Wildman–Crippen MR) is 74.0 cm³/mol. The van der Waals surface area contributed by atoms with Gasteiger partial charge in [0.2, 0.25) is 5.91 Å². The summed E-state index contributed by atoms with van der Waals surface area (Å²) in [6, 6.07) is 6.23. The van der Waals surface area contributed by atoms with Crippen LogP contribution >= 0.6 is 0 Å². The van der Waals surface area contributed by atoms with Crippen molar-refractivity contribution in [2.75, 3.05) is 6.61 Å². The number of carboxylic acids is 1. The van der Waals surface area contributed by atoms with Gasteiger partial charge in [-0.2, -0.15) is 0 Å². The van der Waals surface area contributed by atoms with E-state index in [1.165, 1.54) is 12.1 Å². The van der Waals surface area contributed by atoms with Crippen LogP contribution in [0.4, 0.5) is 0 Å². The van der Waals surface area contributed by atoms with Gasteiger partial charge in [0.15, 0.2) is 9.84 Å². The standard InChI is InChI=1S/C13H15NO6S/c15-8-6-11(13(17)18)14-12(16)7-9-21(19,20)10-4-2-1-3-5-10/h1-5,7,9,11,15H,6,8H2,(H,14,16)(H,17,18)/b9-7+/t11-/m1/s1. The highest BCUT2D eigenvalue weighted by atomic mass is 32.2. The molecule has 0 aliphatic rings. The van der Waals surface area contributed by atoms with E-state index in [1.807, 2.05) is 0 Å². The minimum atomic E-state index is -3.76. The Morgan fingerprint density at radius 3 is 2.38 bits per heavy atom. The number of aliphatic carboxylic acids is 1. The van der Waals surface area contributed by atoms with Crippen molar-refractivity contribution in [3.05, 3.63) is 41.8 Å². The maximum absolute atomic E-state index is 11.9. The van der Waals surface area contributed by atoms with Crippen LogP contribution in [0.1, 0.15) is 6.42 Å². The molecule has 0 fully saturated rings. The van der Waals surface area contributed by atoms with E-state index in [-0.39, 0.29) is 11.3 Å². The number of carboxylic acid groups (broad SMARTS) is 1. The van der Waals surface area contributed by atoms with Gasteiger partial charge in [-0.15, -0.1) is 0 Å². The summed E-state index contributed by atoms with van der Waals surface area (Å²) in [4.78, 5) is 22.3. The van der Waals surface area contributed by atoms with Crippen molar-refractivity contribution < 1.29 is 28.2 Å². The SMILES string of the molecule is O=C(/C=C/S(=O)(=O)c1ccccc1)N[C@H](CCO)C(=O)O. The summed E-state index contributed by atoms with van der Waals surface area (Å²) in [7, 11) is -3.76. The van der Waals surface area contributed by atoms with E-state index in [0.717, 1.165) is 6.08 Å². The first-order valence-corrected chi connectivity index (χ1v) is 7.54. The Kier molecular flexibility index (Phi) is 6.07. The first kappa shape index (κ1) is 16.9. The maximum Gasteiger partial charge on any atom is 0.326 e. The second-order valence-corrected chi connectivity index (χ2v) is 5.91. The van der Waals surface area contributed by atoms with Crippen LogP contribution in [-0.4, -0.2) is 43.2 Å². The van der Waals surface area contributed by atoms with Gasteiger partial charge in [0, 0.05) is 24.5 Å². The summed E-state index contributed by atoms with van der Waals surface area (Å²) in [5.74, 6) is -2.17. The van der Waals surface area contributed by atoms with Gasteiger partial charge >= 0.3 is 5.97 Å². The number of benzene rings is 1. The molecule has 0 bridgehead atoms. The summed E-state index contributed by atoms with van der Waals surface area (Å²) in [6.45, 7) is -0.413. The van der Waals surface area contributed by atoms with E-state index in [2.05, 4.69) is 5.32 Å². The topological polar surface area (TPSA) is 121 Å². The Morgan fingerprint density at radius 2 is 1.86 bits per heavy atom. The second kappa shape index (κ2) is 7.55. The molecule has 114 valence electrons. The molecule has 0 aliphatic carbocycles. The van der Waals surface area contributed by atoms with Crippen molar-refractivity contribution in [3.63, 3.8) is 0 Å².